The van der Waals surface area contributed by atoms with Crippen LogP contribution in [-0.4, -0.2) is 25.3 Å². The van der Waals surface area contributed by atoms with E-state index in [1.165, 1.54) is 32.1 Å². The third kappa shape index (κ3) is 2.15. The van der Waals surface area contributed by atoms with Gasteiger partial charge < -0.3 is 10.1 Å². The fraction of sp³-hybridized carbons (Fsp3) is 1.00. The molecule has 1 heterocycles. The lowest BCUT2D eigenvalue weighted by Crippen LogP contribution is -2.51. The number of fused-ring (bicyclic) bond motifs is 2. The van der Waals surface area contributed by atoms with Crippen LogP contribution in [0.1, 0.15) is 59.8 Å². The molecule has 1 N–H and O–H groups in total. The van der Waals surface area contributed by atoms with Crippen LogP contribution in [0.5, 0.6) is 0 Å². The second-order valence-corrected chi connectivity index (χ2v) is 8.12. The van der Waals surface area contributed by atoms with Crippen LogP contribution < -0.4 is 5.32 Å². The normalized spacial score (nSPS) is 48.0. The predicted molar refractivity (Wildman–Crippen MR) is 79.2 cm³/mol. The number of hydrogen-bond acceptors (Lipinski definition) is 2. The predicted octanol–water partition coefficient (Wildman–Crippen LogP) is 3.61. The molecule has 1 aliphatic heterocycles. The standard InChI is InChI=1S/C17H31NO/c1-5-14-12(7-9-19-14)11-18-15-16(2,3)13-6-8-17(15,4)10-13/h12-15,18H,5-11H2,1-4H3/t12?,13-,14?,15?,17+/m0/s1. The Labute approximate surface area is 118 Å². The van der Waals surface area contributed by atoms with Gasteiger partial charge in [-0.15, -0.1) is 0 Å². The van der Waals surface area contributed by atoms with Gasteiger partial charge >= 0.3 is 0 Å². The van der Waals surface area contributed by atoms with Gasteiger partial charge in [-0.2, -0.15) is 0 Å². The average molecular weight is 265 g/mol. The van der Waals surface area contributed by atoms with Crippen LogP contribution in [0.4, 0.5) is 0 Å². The Morgan fingerprint density at radius 1 is 1.21 bits per heavy atom. The highest BCUT2D eigenvalue weighted by Gasteiger charge is 2.59. The molecule has 110 valence electrons. The number of hydrogen-bond donors (Lipinski definition) is 1. The molecule has 0 spiro atoms. The summed E-state index contributed by atoms with van der Waals surface area (Å²) in [4.78, 5) is 0. The zero-order valence-electron chi connectivity index (χ0n) is 13.2. The molecule has 1 saturated heterocycles. The zero-order valence-corrected chi connectivity index (χ0v) is 13.2. The second kappa shape index (κ2) is 4.73. The van der Waals surface area contributed by atoms with Crippen molar-refractivity contribution < 1.29 is 4.74 Å². The van der Waals surface area contributed by atoms with Crippen molar-refractivity contribution >= 4 is 0 Å². The van der Waals surface area contributed by atoms with E-state index in [9.17, 15) is 0 Å². The van der Waals surface area contributed by atoms with Crippen molar-refractivity contribution in [3.05, 3.63) is 0 Å². The van der Waals surface area contributed by atoms with E-state index in [0.717, 1.165) is 25.0 Å². The van der Waals surface area contributed by atoms with E-state index < -0.39 is 0 Å². The first-order valence-electron chi connectivity index (χ1n) is 8.32. The van der Waals surface area contributed by atoms with E-state index in [1.54, 1.807) is 0 Å². The van der Waals surface area contributed by atoms with Crippen LogP contribution in [0.3, 0.4) is 0 Å². The molecular formula is C17H31NO. The second-order valence-electron chi connectivity index (χ2n) is 8.12. The van der Waals surface area contributed by atoms with Gasteiger partial charge in [-0.25, -0.2) is 0 Å². The molecule has 3 aliphatic rings. The summed E-state index contributed by atoms with van der Waals surface area (Å²) in [5, 5.41) is 3.97. The number of rotatable bonds is 4. The van der Waals surface area contributed by atoms with E-state index in [0.29, 0.717) is 23.0 Å². The lowest BCUT2D eigenvalue weighted by molar-refractivity contribution is 0.0739. The van der Waals surface area contributed by atoms with E-state index in [4.69, 9.17) is 4.74 Å². The Bertz CT molecular complexity index is 335. The quantitative estimate of drug-likeness (QED) is 0.838. The summed E-state index contributed by atoms with van der Waals surface area (Å²) in [7, 11) is 0. The van der Waals surface area contributed by atoms with Crippen molar-refractivity contribution in [1.29, 1.82) is 0 Å². The topological polar surface area (TPSA) is 21.3 Å². The minimum atomic E-state index is 0.480. The van der Waals surface area contributed by atoms with Crippen LogP contribution in [0.2, 0.25) is 0 Å². The highest BCUT2D eigenvalue weighted by Crippen LogP contribution is 2.62. The first-order valence-corrected chi connectivity index (χ1v) is 8.32. The summed E-state index contributed by atoms with van der Waals surface area (Å²) in [6, 6.07) is 0.705. The fourth-order valence-electron chi connectivity index (χ4n) is 5.46. The van der Waals surface area contributed by atoms with Crippen LogP contribution in [-0.2, 0) is 4.74 Å². The van der Waals surface area contributed by atoms with Gasteiger partial charge in [-0.05, 0) is 54.8 Å². The molecule has 5 atom stereocenters. The van der Waals surface area contributed by atoms with Crippen molar-refractivity contribution in [2.75, 3.05) is 13.2 Å². The van der Waals surface area contributed by atoms with Crippen molar-refractivity contribution in [1.82, 2.24) is 5.32 Å². The van der Waals surface area contributed by atoms with Crippen molar-refractivity contribution in [2.24, 2.45) is 22.7 Å². The maximum Gasteiger partial charge on any atom is 0.0613 e. The number of nitrogens with one attached hydrogen (secondary N) is 1. The van der Waals surface area contributed by atoms with Gasteiger partial charge in [0.15, 0.2) is 0 Å². The van der Waals surface area contributed by atoms with Gasteiger partial charge in [0.25, 0.3) is 0 Å². The summed E-state index contributed by atoms with van der Waals surface area (Å²) in [6.45, 7) is 11.9. The summed E-state index contributed by atoms with van der Waals surface area (Å²) in [5.74, 6) is 1.68. The smallest absolute Gasteiger partial charge is 0.0613 e. The summed E-state index contributed by atoms with van der Waals surface area (Å²) < 4.78 is 5.83. The van der Waals surface area contributed by atoms with E-state index >= 15 is 0 Å². The molecule has 3 fully saturated rings. The summed E-state index contributed by atoms with van der Waals surface area (Å²) in [6.07, 6.45) is 7.24. The Kier molecular flexibility index (Phi) is 3.46. The molecule has 0 aromatic carbocycles. The van der Waals surface area contributed by atoms with Gasteiger partial charge in [-0.3, -0.25) is 0 Å². The third-order valence-electron chi connectivity index (χ3n) is 6.60. The number of ether oxygens (including phenoxy) is 1. The van der Waals surface area contributed by atoms with E-state index in [-0.39, 0.29) is 0 Å². The molecule has 3 rings (SSSR count). The molecule has 2 aliphatic carbocycles. The highest BCUT2D eigenvalue weighted by atomic mass is 16.5. The summed E-state index contributed by atoms with van der Waals surface area (Å²) in [5.41, 5.74) is 1.03. The Morgan fingerprint density at radius 2 is 2.00 bits per heavy atom. The zero-order chi connectivity index (χ0) is 13.7. The van der Waals surface area contributed by atoms with E-state index in [1.807, 2.05) is 0 Å². The monoisotopic (exact) mass is 265 g/mol. The molecule has 2 heteroatoms. The minimum absolute atomic E-state index is 0.480. The largest absolute Gasteiger partial charge is 0.378 e. The molecule has 0 amide bonds. The highest BCUT2D eigenvalue weighted by molar-refractivity contribution is 5.12. The first-order chi connectivity index (χ1) is 8.97. The van der Waals surface area contributed by atoms with Gasteiger partial charge in [0.1, 0.15) is 0 Å². The third-order valence-corrected chi connectivity index (χ3v) is 6.60. The molecule has 0 radical (unpaired) electrons. The Hall–Kier alpha value is -0.0800. The van der Waals surface area contributed by atoms with Crippen LogP contribution in [0.15, 0.2) is 0 Å². The van der Waals surface area contributed by atoms with Crippen LogP contribution >= 0.6 is 0 Å². The first kappa shape index (κ1) is 13.9. The van der Waals surface area contributed by atoms with E-state index in [2.05, 4.69) is 33.0 Å². The van der Waals surface area contributed by atoms with Crippen molar-refractivity contribution in [3.8, 4) is 0 Å². The van der Waals surface area contributed by atoms with Crippen LogP contribution in [0.25, 0.3) is 0 Å². The van der Waals surface area contributed by atoms with Gasteiger partial charge in [0.05, 0.1) is 6.10 Å². The molecule has 2 nitrogen and oxygen atoms in total. The molecule has 19 heavy (non-hydrogen) atoms. The van der Waals surface area contributed by atoms with Crippen LogP contribution in [0, 0.1) is 22.7 Å². The molecule has 3 unspecified atom stereocenters. The lowest BCUT2D eigenvalue weighted by atomic mass is 9.68. The average Bonchev–Trinajstić information content (AvgIpc) is 2.99. The molecular weight excluding hydrogens is 234 g/mol. The molecule has 0 aromatic heterocycles. The maximum atomic E-state index is 5.83. The van der Waals surface area contributed by atoms with Crippen molar-refractivity contribution in [3.63, 3.8) is 0 Å². The Morgan fingerprint density at radius 3 is 2.63 bits per heavy atom. The Balaban J connectivity index is 1.63. The fourth-order valence-corrected chi connectivity index (χ4v) is 5.46. The minimum Gasteiger partial charge on any atom is -0.378 e. The summed E-state index contributed by atoms with van der Waals surface area (Å²) >= 11 is 0. The van der Waals surface area contributed by atoms with Gasteiger partial charge in [-0.1, -0.05) is 27.7 Å². The lowest BCUT2D eigenvalue weighted by Gasteiger charge is -2.44. The maximum absolute atomic E-state index is 5.83. The molecule has 2 bridgehead atoms. The molecule has 2 saturated carbocycles. The van der Waals surface area contributed by atoms with Gasteiger partial charge in [0.2, 0.25) is 0 Å². The molecule has 0 aromatic rings. The van der Waals surface area contributed by atoms with Gasteiger partial charge in [0, 0.05) is 19.2 Å². The SMILES string of the molecule is CCC1OCCC1CNC1C(C)(C)[C@H]2CC[C@]1(C)C2. The van der Waals surface area contributed by atoms with Crippen molar-refractivity contribution in [2.45, 2.75) is 71.9 Å².